The molecule has 0 radical (unpaired) electrons. The van der Waals surface area contributed by atoms with Crippen molar-refractivity contribution in [2.45, 2.75) is 59.3 Å². The summed E-state index contributed by atoms with van der Waals surface area (Å²) in [5, 5.41) is 0. The third-order valence-corrected chi connectivity index (χ3v) is 7.68. The predicted molar refractivity (Wildman–Crippen MR) is 90.4 cm³/mol. The molecule has 22 heavy (non-hydrogen) atoms. The number of fused-ring (bicyclic) bond motifs is 5. The zero-order valence-corrected chi connectivity index (χ0v) is 14.2. The second kappa shape index (κ2) is 4.69. The molecule has 1 heteroatoms. The van der Waals surface area contributed by atoms with Gasteiger partial charge in [0.25, 0.3) is 0 Å². The third kappa shape index (κ3) is 1.74. The van der Waals surface area contributed by atoms with Gasteiger partial charge in [0, 0.05) is 5.41 Å². The monoisotopic (exact) mass is 296 g/mol. The van der Waals surface area contributed by atoms with Gasteiger partial charge in [-0.1, -0.05) is 44.1 Å². The number of rotatable bonds is 1. The summed E-state index contributed by atoms with van der Waals surface area (Å²) in [4.78, 5) is 11.8. The standard InChI is InChI=1S/C21H28O/c1-4-14-6-8-18-17-7-5-15-13-16(22)9-11-21(15,3)19(17)10-12-20(14,18)2/h6,9,11,13,17-19H,4-5,7-8,10,12H2,1-3H3. The number of hydrogen-bond donors (Lipinski definition) is 0. The highest BCUT2D eigenvalue weighted by molar-refractivity contribution is 6.01. The van der Waals surface area contributed by atoms with Crippen molar-refractivity contribution in [3.05, 3.63) is 35.5 Å². The van der Waals surface area contributed by atoms with Crippen LogP contribution < -0.4 is 0 Å². The normalized spacial score (nSPS) is 46.5. The SMILES string of the molecule is CCC1=CCC2C3CCC4=CC(=O)C=CC4(C)C3CCC12C. The molecule has 118 valence electrons. The quantitative estimate of drug-likeness (QED) is 0.605. The van der Waals surface area contributed by atoms with E-state index in [1.807, 2.05) is 12.2 Å². The second-order valence-electron chi connectivity index (χ2n) is 8.38. The van der Waals surface area contributed by atoms with E-state index in [0.717, 1.165) is 24.2 Å². The van der Waals surface area contributed by atoms with Crippen LogP contribution in [0.3, 0.4) is 0 Å². The van der Waals surface area contributed by atoms with Crippen LogP contribution in [-0.2, 0) is 4.79 Å². The number of carbonyl (C=O) groups is 1. The van der Waals surface area contributed by atoms with Crippen LogP contribution in [0.5, 0.6) is 0 Å². The van der Waals surface area contributed by atoms with Crippen molar-refractivity contribution in [2.24, 2.45) is 28.6 Å². The van der Waals surface area contributed by atoms with Gasteiger partial charge < -0.3 is 0 Å². The van der Waals surface area contributed by atoms with E-state index in [1.54, 1.807) is 5.57 Å². The van der Waals surface area contributed by atoms with Gasteiger partial charge in [0.15, 0.2) is 5.78 Å². The van der Waals surface area contributed by atoms with E-state index in [4.69, 9.17) is 0 Å². The van der Waals surface area contributed by atoms with Gasteiger partial charge in [-0.2, -0.15) is 0 Å². The Labute approximate surface area is 134 Å². The van der Waals surface area contributed by atoms with Gasteiger partial charge >= 0.3 is 0 Å². The highest BCUT2D eigenvalue weighted by Crippen LogP contribution is 2.64. The third-order valence-electron chi connectivity index (χ3n) is 7.68. The lowest BCUT2D eigenvalue weighted by molar-refractivity contribution is -0.111. The van der Waals surface area contributed by atoms with Gasteiger partial charge in [0.1, 0.15) is 0 Å². The molecule has 0 heterocycles. The molecule has 5 unspecified atom stereocenters. The summed E-state index contributed by atoms with van der Waals surface area (Å²) >= 11 is 0. The van der Waals surface area contributed by atoms with Crippen molar-refractivity contribution in [2.75, 3.05) is 0 Å². The van der Waals surface area contributed by atoms with Gasteiger partial charge in [-0.05, 0) is 73.8 Å². The Hall–Kier alpha value is -1.11. The lowest BCUT2D eigenvalue weighted by Crippen LogP contribution is -2.49. The Morgan fingerprint density at radius 3 is 2.82 bits per heavy atom. The fourth-order valence-corrected chi connectivity index (χ4v) is 6.40. The summed E-state index contributed by atoms with van der Waals surface area (Å²) < 4.78 is 0. The van der Waals surface area contributed by atoms with E-state index in [1.165, 1.54) is 37.7 Å². The number of hydrogen-bond acceptors (Lipinski definition) is 1. The summed E-state index contributed by atoms with van der Waals surface area (Å²) in [5.74, 6) is 2.60. The summed E-state index contributed by atoms with van der Waals surface area (Å²) in [5.41, 5.74) is 3.73. The molecule has 0 saturated heterocycles. The molecule has 2 saturated carbocycles. The second-order valence-corrected chi connectivity index (χ2v) is 8.38. The molecule has 4 aliphatic carbocycles. The summed E-state index contributed by atoms with van der Waals surface area (Å²) in [6.07, 6.45) is 16.1. The number of allylic oxidation sites excluding steroid dienone is 6. The van der Waals surface area contributed by atoms with E-state index >= 15 is 0 Å². The molecule has 1 nitrogen and oxygen atoms in total. The molecular weight excluding hydrogens is 268 g/mol. The smallest absolute Gasteiger partial charge is 0.178 e. The van der Waals surface area contributed by atoms with E-state index in [0.29, 0.717) is 5.41 Å². The van der Waals surface area contributed by atoms with Crippen molar-refractivity contribution >= 4 is 5.78 Å². The summed E-state index contributed by atoms with van der Waals surface area (Å²) in [7, 11) is 0. The van der Waals surface area contributed by atoms with Crippen molar-refractivity contribution in [1.29, 1.82) is 0 Å². The molecule has 0 aromatic carbocycles. The Morgan fingerprint density at radius 1 is 1.23 bits per heavy atom. The minimum Gasteiger partial charge on any atom is -0.290 e. The molecule has 0 aromatic rings. The maximum absolute atomic E-state index is 11.8. The Balaban J connectivity index is 1.69. The molecular formula is C21H28O. The molecule has 0 aromatic heterocycles. The molecule has 2 fully saturated rings. The van der Waals surface area contributed by atoms with E-state index in [2.05, 4.69) is 32.9 Å². The van der Waals surface area contributed by atoms with Gasteiger partial charge in [0.2, 0.25) is 0 Å². The van der Waals surface area contributed by atoms with Crippen molar-refractivity contribution < 1.29 is 4.79 Å². The van der Waals surface area contributed by atoms with Crippen LogP contribution in [0.4, 0.5) is 0 Å². The average molecular weight is 296 g/mol. The van der Waals surface area contributed by atoms with Crippen LogP contribution in [-0.4, -0.2) is 5.78 Å². The topological polar surface area (TPSA) is 17.1 Å². The molecule has 0 N–H and O–H groups in total. The fraction of sp³-hybridized carbons (Fsp3) is 0.667. The highest BCUT2D eigenvalue weighted by Gasteiger charge is 2.55. The van der Waals surface area contributed by atoms with Gasteiger partial charge in [-0.3, -0.25) is 4.79 Å². The minimum atomic E-state index is 0.146. The lowest BCUT2D eigenvalue weighted by Gasteiger charge is -2.56. The zero-order valence-electron chi connectivity index (χ0n) is 14.2. The highest BCUT2D eigenvalue weighted by atomic mass is 16.1. The van der Waals surface area contributed by atoms with Gasteiger partial charge in [-0.25, -0.2) is 0 Å². The summed E-state index contributed by atoms with van der Waals surface area (Å²) in [6, 6.07) is 0. The van der Waals surface area contributed by atoms with Crippen molar-refractivity contribution in [1.82, 2.24) is 0 Å². The van der Waals surface area contributed by atoms with Crippen LogP contribution in [0, 0.1) is 28.6 Å². The van der Waals surface area contributed by atoms with Crippen molar-refractivity contribution in [3.8, 4) is 0 Å². The zero-order chi connectivity index (χ0) is 15.5. The van der Waals surface area contributed by atoms with Crippen molar-refractivity contribution in [3.63, 3.8) is 0 Å². The molecule has 4 aliphatic rings. The van der Waals surface area contributed by atoms with E-state index in [9.17, 15) is 4.79 Å². The average Bonchev–Trinajstić information content (AvgIpc) is 2.84. The van der Waals surface area contributed by atoms with Gasteiger partial charge in [-0.15, -0.1) is 0 Å². The first-order chi connectivity index (χ1) is 10.5. The minimum absolute atomic E-state index is 0.146. The van der Waals surface area contributed by atoms with E-state index in [-0.39, 0.29) is 11.2 Å². The first-order valence-corrected chi connectivity index (χ1v) is 9.13. The number of ketones is 1. The molecule has 4 rings (SSSR count). The van der Waals surface area contributed by atoms with Crippen LogP contribution >= 0.6 is 0 Å². The van der Waals surface area contributed by atoms with Crippen LogP contribution in [0.15, 0.2) is 35.5 Å². The largest absolute Gasteiger partial charge is 0.290 e. The molecule has 5 atom stereocenters. The first-order valence-electron chi connectivity index (χ1n) is 9.13. The maximum atomic E-state index is 11.8. The van der Waals surface area contributed by atoms with E-state index < -0.39 is 0 Å². The van der Waals surface area contributed by atoms with Crippen LogP contribution in [0.25, 0.3) is 0 Å². The van der Waals surface area contributed by atoms with Gasteiger partial charge in [0.05, 0.1) is 0 Å². The van der Waals surface area contributed by atoms with Crippen LogP contribution in [0.1, 0.15) is 59.3 Å². The molecule has 0 spiro atoms. The molecule has 0 aliphatic heterocycles. The lowest BCUT2D eigenvalue weighted by atomic mass is 9.48. The molecule has 0 bridgehead atoms. The predicted octanol–water partition coefficient (Wildman–Crippen LogP) is 5.24. The molecule has 0 amide bonds. The number of carbonyl (C=O) groups excluding carboxylic acids is 1. The Kier molecular flexibility index (Phi) is 3.09. The van der Waals surface area contributed by atoms with Crippen LogP contribution in [0.2, 0.25) is 0 Å². The Morgan fingerprint density at radius 2 is 2.05 bits per heavy atom. The first kappa shape index (κ1) is 14.5. The maximum Gasteiger partial charge on any atom is 0.178 e. The fourth-order valence-electron chi connectivity index (χ4n) is 6.40. The Bertz CT molecular complexity index is 607. The summed E-state index contributed by atoms with van der Waals surface area (Å²) in [6.45, 7) is 7.25.